The monoisotopic (exact) mass is 400 g/mol. The Morgan fingerprint density at radius 3 is 2.70 bits per heavy atom. The third kappa shape index (κ3) is 4.73. The summed E-state index contributed by atoms with van der Waals surface area (Å²) in [6.07, 6.45) is 1.87. The standard InChI is InChI=1S/C21H21ClN2O2S/c1-14(2)13-24-20(25)19(12-15-7-6-8-16(11-15)26-3)27-21(24)23-18-10-5-4-9-17(18)22/h4-12,14H,13H2,1-3H3/b19-12+,23-21?. The Morgan fingerprint density at radius 2 is 2.00 bits per heavy atom. The maximum Gasteiger partial charge on any atom is 0.266 e. The van der Waals surface area contributed by atoms with Gasteiger partial charge in [-0.1, -0.05) is 49.7 Å². The molecule has 140 valence electrons. The topological polar surface area (TPSA) is 41.9 Å². The second-order valence-corrected chi connectivity index (χ2v) is 7.96. The van der Waals surface area contributed by atoms with Crippen molar-refractivity contribution in [2.75, 3.05) is 13.7 Å². The summed E-state index contributed by atoms with van der Waals surface area (Å²) < 4.78 is 5.26. The molecule has 2 aromatic carbocycles. The Bertz CT molecular complexity index is 909. The van der Waals surface area contributed by atoms with Gasteiger partial charge in [0.15, 0.2) is 5.17 Å². The number of hydrogen-bond donors (Lipinski definition) is 0. The Labute approximate surface area is 168 Å². The number of ether oxygens (including phenoxy) is 1. The second kappa shape index (κ2) is 8.63. The van der Waals surface area contributed by atoms with Crippen LogP contribution in [0.25, 0.3) is 6.08 Å². The minimum Gasteiger partial charge on any atom is -0.497 e. The SMILES string of the molecule is COc1cccc(/C=C2/SC(=Nc3ccccc3Cl)N(CC(C)C)C2=O)c1. The lowest BCUT2D eigenvalue weighted by atomic mass is 10.2. The van der Waals surface area contributed by atoms with Crippen LogP contribution in [-0.4, -0.2) is 29.6 Å². The molecule has 1 fully saturated rings. The number of halogens is 1. The molecule has 0 bridgehead atoms. The lowest BCUT2D eigenvalue weighted by Crippen LogP contribution is -2.32. The predicted molar refractivity (Wildman–Crippen MR) is 114 cm³/mol. The summed E-state index contributed by atoms with van der Waals surface area (Å²) in [6, 6.07) is 15.0. The van der Waals surface area contributed by atoms with Gasteiger partial charge in [0.25, 0.3) is 5.91 Å². The number of hydrogen-bond acceptors (Lipinski definition) is 4. The highest BCUT2D eigenvalue weighted by molar-refractivity contribution is 8.18. The zero-order valence-electron chi connectivity index (χ0n) is 15.5. The second-order valence-electron chi connectivity index (χ2n) is 6.54. The fraction of sp³-hybridized carbons (Fsp3) is 0.238. The van der Waals surface area contributed by atoms with Gasteiger partial charge in [-0.2, -0.15) is 0 Å². The zero-order chi connectivity index (χ0) is 19.4. The van der Waals surface area contributed by atoms with Gasteiger partial charge in [-0.3, -0.25) is 9.69 Å². The van der Waals surface area contributed by atoms with Crippen LogP contribution in [0.15, 0.2) is 58.4 Å². The van der Waals surface area contributed by atoms with Crippen molar-refractivity contribution < 1.29 is 9.53 Å². The van der Waals surface area contributed by atoms with E-state index in [0.717, 1.165) is 11.3 Å². The molecule has 6 heteroatoms. The Hall–Kier alpha value is -2.24. The van der Waals surface area contributed by atoms with E-state index in [1.165, 1.54) is 11.8 Å². The lowest BCUT2D eigenvalue weighted by molar-refractivity contribution is -0.122. The van der Waals surface area contributed by atoms with Crippen LogP contribution < -0.4 is 4.74 Å². The molecule has 1 saturated heterocycles. The molecule has 1 heterocycles. The first-order chi connectivity index (χ1) is 13.0. The summed E-state index contributed by atoms with van der Waals surface area (Å²) in [7, 11) is 1.63. The molecule has 0 spiro atoms. The minimum absolute atomic E-state index is 0.0395. The van der Waals surface area contributed by atoms with Gasteiger partial charge < -0.3 is 4.74 Å². The number of para-hydroxylation sites is 1. The van der Waals surface area contributed by atoms with Gasteiger partial charge in [-0.15, -0.1) is 0 Å². The molecule has 0 atom stereocenters. The average molecular weight is 401 g/mol. The van der Waals surface area contributed by atoms with E-state index in [2.05, 4.69) is 18.8 Å². The highest BCUT2D eigenvalue weighted by Gasteiger charge is 2.33. The van der Waals surface area contributed by atoms with Crippen molar-refractivity contribution in [3.05, 3.63) is 64.0 Å². The number of methoxy groups -OCH3 is 1. The van der Waals surface area contributed by atoms with Crippen molar-refractivity contribution in [3.8, 4) is 5.75 Å². The molecular weight excluding hydrogens is 380 g/mol. The third-order valence-electron chi connectivity index (χ3n) is 3.90. The summed E-state index contributed by atoms with van der Waals surface area (Å²) in [6.45, 7) is 4.76. The molecular formula is C21H21ClN2O2S. The van der Waals surface area contributed by atoms with Crippen molar-refractivity contribution in [3.63, 3.8) is 0 Å². The van der Waals surface area contributed by atoms with E-state index in [4.69, 9.17) is 16.3 Å². The number of thioether (sulfide) groups is 1. The van der Waals surface area contributed by atoms with Gasteiger partial charge in [0.1, 0.15) is 5.75 Å². The molecule has 3 rings (SSSR count). The van der Waals surface area contributed by atoms with E-state index in [0.29, 0.717) is 33.2 Å². The quantitative estimate of drug-likeness (QED) is 0.612. The Kier molecular flexibility index (Phi) is 6.24. The molecule has 0 aliphatic carbocycles. The van der Waals surface area contributed by atoms with E-state index < -0.39 is 0 Å². The summed E-state index contributed by atoms with van der Waals surface area (Å²) in [5, 5.41) is 1.21. The van der Waals surface area contributed by atoms with Crippen molar-refractivity contribution in [2.45, 2.75) is 13.8 Å². The zero-order valence-corrected chi connectivity index (χ0v) is 17.1. The molecule has 0 aromatic heterocycles. The molecule has 1 amide bonds. The van der Waals surface area contributed by atoms with Gasteiger partial charge >= 0.3 is 0 Å². The Balaban J connectivity index is 1.97. The van der Waals surface area contributed by atoms with Crippen molar-refractivity contribution >= 4 is 46.2 Å². The first kappa shape index (κ1) is 19.5. The van der Waals surface area contributed by atoms with Crippen LogP contribution >= 0.6 is 23.4 Å². The molecule has 1 aliphatic rings. The highest BCUT2D eigenvalue weighted by Crippen LogP contribution is 2.36. The average Bonchev–Trinajstić information content (AvgIpc) is 2.92. The van der Waals surface area contributed by atoms with Crippen LogP contribution in [0.3, 0.4) is 0 Å². The number of aliphatic imine (C=N–C) groups is 1. The number of amidine groups is 1. The Morgan fingerprint density at radius 1 is 1.22 bits per heavy atom. The maximum atomic E-state index is 13.0. The fourth-order valence-electron chi connectivity index (χ4n) is 2.65. The molecule has 0 radical (unpaired) electrons. The first-order valence-electron chi connectivity index (χ1n) is 8.66. The summed E-state index contributed by atoms with van der Waals surface area (Å²) in [5.41, 5.74) is 1.57. The van der Waals surface area contributed by atoms with E-state index >= 15 is 0 Å². The van der Waals surface area contributed by atoms with Gasteiger partial charge in [-0.25, -0.2) is 4.99 Å². The minimum atomic E-state index is -0.0395. The fourth-order valence-corrected chi connectivity index (χ4v) is 3.82. The van der Waals surface area contributed by atoms with Crippen LogP contribution in [0.1, 0.15) is 19.4 Å². The maximum absolute atomic E-state index is 13.0. The van der Waals surface area contributed by atoms with Gasteiger partial charge in [0.2, 0.25) is 0 Å². The summed E-state index contributed by atoms with van der Waals surface area (Å²) in [5.74, 6) is 1.04. The molecule has 4 nitrogen and oxygen atoms in total. The van der Waals surface area contributed by atoms with Crippen molar-refractivity contribution in [2.24, 2.45) is 10.9 Å². The molecule has 0 unspecified atom stereocenters. The number of carbonyl (C=O) groups excluding carboxylic acids is 1. The highest BCUT2D eigenvalue weighted by atomic mass is 35.5. The molecule has 2 aromatic rings. The van der Waals surface area contributed by atoms with Crippen LogP contribution in [0, 0.1) is 5.92 Å². The number of benzene rings is 2. The molecule has 1 aliphatic heterocycles. The van der Waals surface area contributed by atoms with Crippen molar-refractivity contribution in [1.29, 1.82) is 0 Å². The smallest absolute Gasteiger partial charge is 0.266 e. The number of amides is 1. The van der Waals surface area contributed by atoms with E-state index in [1.54, 1.807) is 18.1 Å². The number of carbonyl (C=O) groups is 1. The van der Waals surface area contributed by atoms with E-state index in [9.17, 15) is 4.79 Å². The third-order valence-corrected chi connectivity index (χ3v) is 5.22. The van der Waals surface area contributed by atoms with Crippen LogP contribution in [0.2, 0.25) is 5.02 Å². The van der Waals surface area contributed by atoms with Gasteiger partial charge in [-0.05, 0) is 53.6 Å². The largest absolute Gasteiger partial charge is 0.497 e. The number of rotatable bonds is 5. The summed E-state index contributed by atoms with van der Waals surface area (Å²) in [4.78, 5) is 20.0. The molecule has 0 saturated carbocycles. The number of nitrogens with zero attached hydrogens (tertiary/aromatic N) is 2. The van der Waals surface area contributed by atoms with Crippen molar-refractivity contribution in [1.82, 2.24) is 4.90 Å². The van der Waals surface area contributed by atoms with Gasteiger partial charge in [0, 0.05) is 6.54 Å². The van der Waals surface area contributed by atoms with Gasteiger partial charge in [0.05, 0.1) is 22.7 Å². The summed E-state index contributed by atoms with van der Waals surface area (Å²) >= 11 is 7.61. The van der Waals surface area contributed by atoms with Crippen LogP contribution in [0.4, 0.5) is 5.69 Å². The molecule has 27 heavy (non-hydrogen) atoms. The normalized spacial score (nSPS) is 17.4. The van der Waals surface area contributed by atoms with E-state index in [-0.39, 0.29) is 5.91 Å². The predicted octanol–water partition coefficient (Wildman–Crippen LogP) is 5.61. The van der Waals surface area contributed by atoms with E-state index in [1.807, 2.05) is 48.5 Å². The first-order valence-corrected chi connectivity index (χ1v) is 9.86. The van der Waals surface area contributed by atoms with Crippen LogP contribution in [-0.2, 0) is 4.79 Å². The lowest BCUT2D eigenvalue weighted by Gasteiger charge is -2.17. The van der Waals surface area contributed by atoms with Crippen LogP contribution in [0.5, 0.6) is 5.75 Å². The molecule has 0 N–H and O–H groups in total.